The quantitative estimate of drug-likeness (QED) is 0.821. The first-order valence-electron chi connectivity index (χ1n) is 3.66. The third-order valence-electron chi connectivity index (χ3n) is 1.85. The van der Waals surface area contributed by atoms with Gasteiger partial charge in [-0.2, -0.15) is 0 Å². The molecule has 0 unspecified atom stereocenters. The van der Waals surface area contributed by atoms with Crippen molar-refractivity contribution in [2.24, 2.45) is 0 Å². The molecule has 0 radical (unpaired) electrons. The Morgan fingerprint density at radius 1 is 1.46 bits per heavy atom. The molecule has 0 saturated heterocycles. The Morgan fingerprint density at radius 3 is 2.92 bits per heavy atom. The summed E-state index contributed by atoms with van der Waals surface area (Å²) in [6.07, 6.45) is 1.33. The van der Waals surface area contributed by atoms with Crippen LogP contribution in [0, 0.1) is 3.57 Å². The summed E-state index contributed by atoms with van der Waals surface area (Å²) in [6, 6.07) is 3.58. The van der Waals surface area contributed by atoms with Crippen molar-refractivity contribution in [2.75, 3.05) is 7.11 Å². The monoisotopic (exact) mass is 290 g/mol. The second-order valence-electron chi connectivity index (χ2n) is 2.58. The Morgan fingerprint density at radius 2 is 2.23 bits per heavy atom. The predicted octanol–water partition coefficient (Wildman–Crippen LogP) is 2.75. The van der Waals surface area contributed by atoms with Crippen LogP contribution >= 0.6 is 22.6 Å². The molecule has 1 aromatic heterocycles. The molecule has 0 fully saturated rings. The summed E-state index contributed by atoms with van der Waals surface area (Å²) in [5, 5.41) is 10.1. The van der Waals surface area contributed by atoms with Gasteiger partial charge in [-0.1, -0.05) is 0 Å². The second kappa shape index (κ2) is 3.10. The van der Waals surface area contributed by atoms with E-state index in [2.05, 4.69) is 22.6 Å². The molecular weight excluding hydrogens is 283 g/mol. The van der Waals surface area contributed by atoms with Gasteiger partial charge in [-0.25, -0.2) is 0 Å². The van der Waals surface area contributed by atoms with Crippen LogP contribution in [0.3, 0.4) is 0 Å². The molecule has 1 heterocycles. The van der Waals surface area contributed by atoms with Crippen LogP contribution in [0.4, 0.5) is 0 Å². The Hall–Kier alpha value is -0.910. The zero-order chi connectivity index (χ0) is 9.42. The molecule has 0 aliphatic carbocycles. The van der Waals surface area contributed by atoms with E-state index in [1.807, 2.05) is 0 Å². The van der Waals surface area contributed by atoms with E-state index in [0.717, 1.165) is 9.32 Å². The summed E-state index contributed by atoms with van der Waals surface area (Å²) < 4.78 is 11.2. The molecule has 2 rings (SSSR count). The number of aromatic hydroxyl groups is 1. The first-order valence-corrected chi connectivity index (χ1v) is 4.74. The van der Waals surface area contributed by atoms with Gasteiger partial charge in [-0.15, -0.1) is 0 Å². The van der Waals surface area contributed by atoms with Crippen molar-refractivity contribution in [1.29, 1.82) is 0 Å². The number of hydrogen-bond donors (Lipinski definition) is 1. The van der Waals surface area contributed by atoms with Crippen molar-refractivity contribution in [3.63, 3.8) is 0 Å². The van der Waals surface area contributed by atoms with Gasteiger partial charge in [0.1, 0.15) is 12.0 Å². The summed E-state index contributed by atoms with van der Waals surface area (Å²) in [5.74, 6) is 0.915. The van der Waals surface area contributed by atoms with Crippen LogP contribution in [0.15, 0.2) is 22.8 Å². The molecule has 0 spiro atoms. The SMILES string of the molecule is COc1ccc2c(O)coc2c1I. The van der Waals surface area contributed by atoms with Crippen LogP contribution in [-0.2, 0) is 0 Å². The number of methoxy groups -OCH3 is 1. The summed E-state index contributed by atoms with van der Waals surface area (Å²) in [7, 11) is 1.60. The van der Waals surface area contributed by atoms with Crippen molar-refractivity contribution in [3.8, 4) is 11.5 Å². The maximum Gasteiger partial charge on any atom is 0.161 e. The molecule has 0 bridgehead atoms. The van der Waals surface area contributed by atoms with Crippen molar-refractivity contribution in [1.82, 2.24) is 0 Å². The fraction of sp³-hybridized carbons (Fsp3) is 0.111. The highest BCUT2D eigenvalue weighted by atomic mass is 127. The van der Waals surface area contributed by atoms with Crippen molar-refractivity contribution in [2.45, 2.75) is 0 Å². The number of furan rings is 1. The molecule has 1 N–H and O–H groups in total. The fourth-order valence-electron chi connectivity index (χ4n) is 1.19. The van der Waals surface area contributed by atoms with Crippen LogP contribution in [0.2, 0.25) is 0 Å². The molecule has 0 aliphatic rings. The van der Waals surface area contributed by atoms with E-state index >= 15 is 0 Å². The Balaban J connectivity index is 2.80. The predicted molar refractivity (Wildman–Crippen MR) is 57.1 cm³/mol. The number of ether oxygens (including phenoxy) is 1. The van der Waals surface area contributed by atoms with Crippen LogP contribution < -0.4 is 4.74 Å². The maximum absolute atomic E-state index is 9.36. The second-order valence-corrected chi connectivity index (χ2v) is 3.66. The average Bonchev–Trinajstić information content (AvgIpc) is 2.50. The Bertz CT molecular complexity index is 447. The summed E-state index contributed by atoms with van der Waals surface area (Å²) in [5.41, 5.74) is 0.664. The van der Waals surface area contributed by atoms with Gasteiger partial charge in [-0.05, 0) is 34.7 Å². The van der Waals surface area contributed by atoms with Crippen molar-refractivity contribution < 1.29 is 14.3 Å². The first-order chi connectivity index (χ1) is 6.24. The number of rotatable bonds is 1. The highest BCUT2D eigenvalue weighted by Gasteiger charge is 2.11. The van der Waals surface area contributed by atoms with Gasteiger partial charge in [0.15, 0.2) is 11.3 Å². The fourth-order valence-corrected chi connectivity index (χ4v) is 2.01. The average molecular weight is 290 g/mol. The lowest BCUT2D eigenvalue weighted by Gasteiger charge is -2.01. The van der Waals surface area contributed by atoms with Gasteiger partial charge >= 0.3 is 0 Å². The number of halogens is 1. The molecule has 2 aromatic rings. The first kappa shape index (κ1) is 8.68. The Labute approximate surface area is 88.4 Å². The lowest BCUT2D eigenvalue weighted by atomic mass is 10.2. The van der Waals surface area contributed by atoms with Crippen molar-refractivity contribution >= 4 is 33.6 Å². The molecule has 0 saturated carbocycles. The summed E-state index contributed by atoms with van der Waals surface area (Å²) in [6.45, 7) is 0. The van der Waals surface area contributed by atoms with E-state index in [-0.39, 0.29) is 5.75 Å². The maximum atomic E-state index is 9.36. The third-order valence-corrected chi connectivity index (χ3v) is 2.87. The van der Waals surface area contributed by atoms with Crippen LogP contribution in [0.25, 0.3) is 11.0 Å². The number of fused-ring (bicyclic) bond motifs is 1. The standard InChI is InChI=1S/C9H7IO3/c1-12-7-3-2-5-6(11)4-13-9(5)8(7)10/h2-4,11H,1H3. The van der Waals surface area contributed by atoms with Gasteiger partial charge in [0.2, 0.25) is 0 Å². The molecular formula is C9H7IO3. The minimum absolute atomic E-state index is 0.163. The molecule has 1 aromatic carbocycles. The highest BCUT2D eigenvalue weighted by molar-refractivity contribution is 14.1. The van der Waals surface area contributed by atoms with Crippen LogP contribution in [0.1, 0.15) is 0 Å². The van der Waals surface area contributed by atoms with E-state index in [4.69, 9.17) is 9.15 Å². The van der Waals surface area contributed by atoms with Crippen LogP contribution in [-0.4, -0.2) is 12.2 Å². The topological polar surface area (TPSA) is 42.6 Å². The van der Waals surface area contributed by atoms with E-state index in [1.165, 1.54) is 6.26 Å². The number of hydrogen-bond acceptors (Lipinski definition) is 3. The van der Waals surface area contributed by atoms with E-state index < -0.39 is 0 Å². The lowest BCUT2D eigenvalue weighted by molar-refractivity contribution is 0.411. The van der Waals surface area contributed by atoms with Gasteiger partial charge in [0.05, 0.1) is 16.1 Å². The largest absolute Gasteiger partial charge is 0.504 e. The molecule has 0 aliphatic heterocycles. The molecule has 4 heteroatoms. The van der Waals surface area contributed by atoms with E-state index in [0.29, 0.717) is 11.0 Å². The van der Waals surface area contributed by atoms with Gasteiger partial charge in [-0.3, -0.25) is 0 Å². The minimum Gasteiger partial charge on any atom is -0.504 e. The normalized spacial score (nSPS) is 10.6. The smallest absolute Gasteiger partial charge is 0.161 e. The summed E-state index contributed by atoms with van der Waals surface area (Å²) in [4.78, 5) is 0. The van der Waals surface area contributed by atoms with E-state index in [9.17, 15) is 5.11 Å². The van der Waals surface area contributed by atoms with Gasteiger partial charge in [0, 0.05) is 0 Å². The van der Waals surface area contributed by atoms with Gasteiger partial charge < -0.3 is 14.3 Å². The van der Waals surface area contributed by atoms with Gasteiger partial charge in [0.25, 0.3) is 0 Å². The molecule has 68 valence electrons. The third kappa shape index (κ3) is 1.25. The zero-order valence-electron chi connectivity index (χ0n) is 6.87. The Kier molecular flexibility index (Phi) is 2.07. The summed E-state index contributed by atoms with van der Waals surface area (Å²) >= 11 is 2.12. The number of benzene rings is 1. The molecule has 0 amide bonds. The minimum atomic E-state index is 0.163. The van der Waals surface area contributed by atoms with E-state index in [1.54, 1.807) is 19.2 Å². The molecule has 3 nitrogen and oxygen atoms in total. The zero-order valence-corrected chi connectivity index (χ0v) is 9.03. The highest BCUT2D eigenvalue weighted by Crippen LogP contribution is 2.34. The van der Waals surface area contributed by atoms with Crippen LogP contribution in [0.5, 0.6) is 11.5 Å². The molecule has 13 heavy (non-hydrogen) atoms. The van der Waals surface area contributed by atoms with Crippen molar-refractivity contribution in [3.05, 3.63) is 22.0 Å². The molecule has 0 atom stereocenters. The lowest BCUT2D eigenvalue weighted by Crippen LogP contribution is -1.85.